The van der Waals surface area contributed by atoms with Gasteiger partial charge in [-0.05, 0) is 36.8 Å². The van der Waals surface area contributed by atoms with Gasteiger partial charge in [0.05, 0.1) is 0 Å². The molecule has 0 unspecified atom stereocenters. The maximum Gasteiger partial charge on any atom is 0.291 e. The molecule has 1 heterocycles. The van der Waals surface area contributed by atoms with E-state index in [1.165, 1.54) is 0 Å². The first-order valence-electron chi connectivity index (χ1n) is 6.74. The summed E-state index contributed by atoms with van der Waals surface area (Å²) in [5.41, 5.74) is 1.90. The van der Waals surface area contributed by atoms with Crippen LogP contribution >= 0.6 is 0 Å². The standard InChI is InChI=1S/C16H20N2O2/c1-11(2)17-10-13-5-4-6-14(9-13)18-16(19)15-8-7-12(3)20-15/h4-9,11,17H,10H2,1-3H3,(H,18,19). The van der Waals surface area contributed by atoms with Crippen LogP contribution in [0.4, 0.5) is 5.69 Å². The van der Waals surface area contributed by atoms with Crippen molar-refractivity contribution in [2.24, 2.45) is 0 Å². The predicted molar refractivity (Wildman–Crippen MR) is 79.8 cm³/mol. The third-order valence-corrected chi connectivity index (χ3v) is 2.86. The summed E-state index contributed by atoms with van der Waals surface area (Å²) in [6.07, 6.45) is 0. The molecule has 2 aromatic rings. The molecule has 1 amide bonds. The average molecular weight is 272 g/mol. The number of hydrogen-bond acceptors (Lipinski definition) is 3. The number of nitrogens with one attached hydrogen (secondary N) is 2. The monoisotopic (exact) mass is 272 g/mol. The van der Waals surface area contributed by atoms with E-state index in [9.17, 15) is 4.79 Å². The molecule has 2 N–H and O–H groups in total. The summed E-state index contributed by atoms with van der Waals surface area (Å²) in [4.78, 5) is 12.0. The molecule has 106 valence electrons. The summed E-state index contributed by atoms with van der Waals surface area (Å²) in [6.45, 7) is 6.80. The molecular weight excluding hydrogens is 252 g/mol. The Balaban J connectivity index is 2.02. The van der Waals surface area contributed by atoms with E-state index >= 15 is 0 Å². The second kappa shape index (κ2) is 6.39. The van der Waals surface area contributed by atoms with Crippen LogP contribution in [-0.4, -0.2) is 11.9 Å². The van der Waals surface area contributed by atoms with E-state index in [2.05, 4.69) is 24.5 Å². The van der Waals surface area contributed by atoms with Gasteiger partial charge in [0.25, 0.3) is 5.91 Å². The molecule has 0 spiro atoms. The summed E-state index contributed by atoms with van der Waals surface area (Å²) in [5.74, 6) is 0.824. The highest BCUT2D eigenvalue weighted by molar-refractivity contribution is 6.02. The molecular formula is C16H20N2O2. The van der Waals surface area contributed by atoms with E-state index in [0.29, 0.717) is 11.8 Å². The van der Waals surface area contributed by atoms with Crippen molar-refractivity contribution < 1.29 is 9.21 Å². The maximum atomic E-state index is 12.0. The zero-order valence-corrected chi connectivity index (χ0v) is 12.1. The minimum absolute atomic E-state index is 0.230. The Bertz CT molecular complexity index is 588. The SMILES string of the molecule is Cc1ccc(C(=O)Nc2cccc(CNC(C)C)c2)o1. The van der Waals surface area contributed by atoms with Gasteiger partial charge in [-0.2, -0.15) is 0 Å². The lowest BCUT2D eigenvalue weighted by molar-refractivity contribution is 0.0995. The molecule has 4 nitrogen and oxygen atoms in total. The van der Waals surface area contributed by atoms with Crippen molar-refractivity contribution in [2.75, 3.05) is 5.32 Å². The number of amides is 1. The lowest BCUT2D eigenvalue weighted by Crippen LogP contribution is -2.21. The van der Waals surface area contributed by atoms with Crippen LogP contribution in [-0.2, 0) is 6.54 Å². The second-order valence-electron chi connectivity index (χ2n) is 5.10. The van der Waals surface area contributed by atoms with Gasteiger partial charge < -0.3 is 15.1 Å². The molecule has 0 bridgehead atoms. The predicted octanol–water partition coefficient (Wildman–Crippen LogP) is 3.34. The highest BCUT2D eigenvalue weighted by Gasteiger charge is 2.10. The van der Waals surface area contributed by atoms with Crippen LogP contribution in [0.25, 0.3) is 0 Å². The van der Waals surface area contributed by atoms with Crippen molar-refractivity contribution in [3.8, 4) is 0 Å². The molecule has 2 rings (SSSR count). The molecule has 0 radical (unpaired) electrons. The van der Waals surface area contributed by atoms with Crippen molar-refractivity contribution in [3.63, 3.8) is 0 Å². The highest BCUT2D eigenvalue weighted by Crippen LogP contribution is 2.14. The number of hydrogen-bond donors (Lipinski definition) is 2. The molecule has 0 saturated carbocycles. The zero-order chi connectivity index (χ0) is 14.5. The van der Waals surface area contributed by atoms with Gasteiger partial charge >= 0.3 is 0 Å². The Labute approximate surface area is 119 Å². The highest BCUT2D eigenvalue weighted by atomic mass is 16.3. The van der Waals surface area contributed by atoms with Crippen molar-refractivity contribution in [1.82, 2.24) is 5.32 Å². The van der Waals surface area contributed by atoms with Crippen LogP contribution in [0.15, 0.2) is 40.8 Å². The minimum atomic E-state index is -0.230. The Hall–Kier alpha value is -2.07. The van der Waals surface area contributed by atoms with Gasteiger partial charge in [0.2, 0.25) is 0 Å². The Kier molecular flexibility index (Phi) is 4.58. The fourth-order valence-electron chi connectivity index (χ4n) is 1.83. The molecule has 0 atom stereocenters. The van der Waals surface area contributed by atoms with E-state index < -0.39 is 0 Å². The number of rotatable bonds is 5. The first-order valence-corrected chi connectivity index (χ1v) is 6.74. The van der Waals surface area contributed by atoms with Gasteiger partial charge in [0, 0.05) is 18.3 Å². The van der Waals surface area contributed by atoms with Gasteiger partial charge in [0.15, 0.2) is 5.76 Å². The number of furan rings is 1. The van der Waals surface area contributed by atoms with Crippen molar-refractivity contribution in [2.45, 2.75) is 33.4 Å². The number of carbonyl (C=O) groups is 1. The summed E-state index contributed by atoms with van der Waals surface area (Å²) in [5, 5.41) is 6.19. The van der Waals surface area contributed by atoms with E-state index in [4.69, 9.17) is 4.42 Å². The van der Waals surface area contributed by atoms with Crippen LogP contribution in [0.3, 0.4) is 0 Å². The number of anilines is 1. The quantitative estimate of drug-likeness (QED) is 0.877. The van der Waals surface area contributed by atoms with Crippen LogP contribution in [0.5, 0.6) is 0 Å². The van der Waals surface area contributed by atoms with Crippen molar-refractivity contribution >= 4 is 11.6 Å². The molecule has 1 aromatic heterocycles. The first-order chi connectivity index (χ1) is 9.54. The fourth-order valence-corrected chi connectivity index (χ4v) is 1.83. The van der Waals surface area contributed by atoms with Crippen molar-refractivity contribution in [3.05, 3.63) is 53.5 Å². The summed E-state index contributed by atoms with van der Waals surface area (Å²) < 4.78 is 5.30. The third-order valence-electron chi connectivity index (χ3n) is 2.86. The molecule has 0 aliphatic carbocycles. The molecule has 4 heteroatoms. The Morgan fingerprint density at radius 2 is 2.05 bits per heavy atom. The van der Waals surface area contributed by atoms with Gasteiger partial charge in [-0.25, -0.2) is 0 Å². The van der Waals surface area contributed by atoms with Gasteiger partial charge in [0.1, 0.15) is 5.76 Å². The van der Waals surface area contributed by atoms with Gasteiger partial charge in [-0.3, -0.25) is 4.79 Å². The zero-order valence-electron chi connectivity index (χ0n) is 12.1. The number of aryl methyl sites for hydroxylation is 1. The molecule has 0 fully saturated rings. The smallest absolute Gasteiger partial charge is 0.291 e. The molecule has 20 heavy (non-hydrogen) atoms. The topological polar surface area (TPSA) is 54.3 Å². The second-order valence-corrected chi connectivity index (χ2v) is 5.10. The van der Waals surface area contributed by atoms with Crippen LogP contribution in [0.1, 0.15) is 35.7 Å². The maximum absolute atomic E-state index is 12.0. The van der Waals surface area contributed by atoms with Crippen molar-refractivity contribution in [1.29, 1.82) is 0 Å². The van der Waals surface area contributed by atoms with E-state index in [-0.39, 0.29) is 5.91 Å². The normalized spacial score (nSPS) is 10.8. The average Bonchev–Trinajstić information content (AvgIpc) is 2.84. The van der Waals surface area contributed by atoms with E-state index in [0.717, 1.165) is 23.6 Å². The number of benzene rings is 1. The largest absolute Gasteiger partial charge is 0.456 e. The summed E-state index contributed by atoms with van der Waals surface area (Å²) in [7, 11) is 0. The van der Waals surface area contributed by atoms with Gasteiger partial charge in [-0.15, -0.1) is 0 Å². The van der Waals surface area contributed by atoms with E-state index in [1.54, 1.807) is 12.1 Å². The third kappa shape index (κ3) is 3.96. The fraction of sp³-hybridized carbons (Fsp3) is 0.312. The molecule has 1 aromatic carbocycles. The van der Waals surface area contributed by atoms with Crippen LogP contribution in [0, 0.1) is 6.92 Å². The number of carbonyl (C=O) groups excluding carboxylic acids is 1. The summed E-state index contributed by atoms with van der Waals surface area (Å²) >= 11 is 0. The van der Waals surface area contributed by atoms with E-state index in [1.807, 2.05) is 31.2 Å². The summed E-state index contributed by atoms with van der Waals surface area (Å²) in [6, 6.07) is 11.7. The Morgan fingerprint density at radius 3 is 2.70 bits per heavy atom. The minimum Gasteiger partial charge on any atom is -0.456 e. The first kappa shape index (κ1) is 14.3. The molecule has 0 aliphatic heterocycles. The van der Waals surface area contributed by atoms with Crippen LogP contribution in [0.2, 0.25) is 0 Å². The Morgan fingerprint density at radius 1 is 1.25 bits per heavy atom. The molecule has 0 saturated heterocycles. The lowest BCUT2D eigenvalue weighted by Gasteiger charge is -2.09. The molecule has 0 aliphatic rings. The lowest BCUT2D eigenvalue weighted by atomic mass is 10.2. The van der Waals surface area contributed by atoms with Gasteiger partial charge in [-0.1, -0.05) is 26.0 Å². The van der Waals surface area contributed by atoms with Crippen LogP contribution < -0.4 is 10.6 Å².